The zero-order valence-electron chi connectivity index (χ0n) is 2.16. The molecule has 5 heavy (non-hydrogen) atoms. The van der Waals surface area contributed by atoms with Crippen molar-refractivity contribution in [1.82, 2.24) is 0 Å². The maximum Gasteiger partial charge on any atom is 0.176 e. The Bertz CT molecular complexity index is 21.6. The Morgan fingerprint density at radius 3 is 2.00 bits per heavy atom. The Morgan fingerprint density at radius 2 is 2.00 bits per heavy atom. The van der Waals surface area contributed by atoms with Crippen LogP contribution in [0.1, 0.15) is 0 Å². The van der Waals surface area contributed by atoms with Gasteiger partial charge in [-0.15, -0.1) is 10.8 Å². The molecule has 0 aliphatic heterocycles. The van der Waals surface area contributed by atoms with Gasteiger partial charge < -0.3 is 0 Å². The van der Waals surface area contributed by atoms with Gasteiger partial charge in [0.25, 0.3) is 0 Å². The van der Waals surface area contributed by atoms with Crippen LogP contribution in [-0.2, 0) is 25.4 Å². The first kappa shape index (κ1) is 8.90. The fourth-order valence-corrected chi connectivity index (χ4v) is 0. The summed E-state index contributed by atoms with van der Waals surface area (Å²) < 4.78 is 0. The van der Waals surface area contributed by atoms with E-state index in [2.05, 4.69) is 10.8 Å². The Hall–Kier alpha value is 0.0223. The summed E-state index contributed by atoms with van der Waals surface area (Å²) in [5.74, 6) is 4.05. The van der Waals surface area contributed by atoms with Crippen molar-refractivity contribution in [2.24, 2.45) is 11.2 Å². The first-order valence-corrected chi connectivity index (χ1v) is 0.601. The smallest absolute Gasteiger partial charge is 0.176 e. The summed E-state index contributed by atoms with van der Waals surface area (Å²) >= 11 is 0. The number of nitrogens with two attached hydrogens (primary N) is 1. The summed E-state index contributed by atoms with van der Waals surface area (Å²) in [5, 5.41) is 1.76. The summed E-state index contributed by atoms with van der Waals surface area (Å²) in [6.45, 7) is 0. The summed E-state index contributed by atoms with van der Waals surface area (Å²) in [6, 6.07) is 0. The first-order chi connectivity index (χ1) is 1.91. The van der Waals surface area contributed by atoms with E-state index in [0.29, 0.717) is 0 Å². The number of hydrogen-bond donors (Lipinski definition) is 1. The van der Waals surface area contributed by atoms with E-state index >= 15 is 0 Å². The fourth-order valence-electron chi connectivity index (χ4n) is 0. The molecule has 2 N–H and O–H groups in total. The zero-order valence-corrected chi connectivity index (χ0v) is 3.71. The van der Waals surface area contributed by atoms with Crippen LogP contribution in [0.25, 0.3) is 0 Å². The summed E-state index contributed by atoms with van der Waals surface area (Å²) in [6.07, 6.45) is 0. The van der Waals surface area contributed by atoms with E-state index in [1.165, 1.54) is 0 Å². The predicted molar refractivity (Wildman–Crippen MR) is 11.1 cm³/mol. The van der Waals surface area contributed by atoms with E-state index in [4.69, 9.17) is 4.91 Å². The van der Waals surface area contributed by atoms with Crippen molar-refractivity contribution in [2.45, 2.75) is 0 Å². The molecule has 5 heteroatoms. The molecule has 0 aromatic carbocycles. The molecule has 0 amide bonds. The Kier molecular flexibility index (Phi) is 16.0. The van der Waals surface area contributed by atoms with Crippen molar-refractivity contribution in [3.8, 4) is 0 Å². The Labute approximate surface area is 42.2 Å². The van der Waals surface area contributed by atoms with Crippen molar-refractivity contribution in [1.29, 1.82) is 0 Å². The molecule has 4 nitrogen and oxygen atoms in total. The second kappa shape index (κ2) is 8.98. The maximum atomic E-state index is 8.58. The molecule has 0 heterocycles. The largest absolute Gasteiger partial charge is 0.266 e. The molecular formula is H2N2O2Pd. The monoisotopic (exact) mass is 168 g/mol. The van der Waals surface area contributed by atoms with Crippen LogP contribution in [0, 0.1) is 4.91 Å². The van der Waals surface area contributed by atoms with E-state index < -0.39 is 0 Å². The van der Waals surface area contributed by atoms with Gasteiger partial charge in [0.15, 0.2) is 5.34 Å². The van der Waals surface area contributed by atoms with E-state index in [1.54, 1.807) is 5.34 Å². The summed E-state index contributed by atoms with van der Waals surface area (Å²) in [5.41, 5.74) is 0. The topological polar surface area (TPSA) is 64.7 Å². The predicted octanol–water partition coefficient (Wildman–Crippen LogP) is -0.444. The number of rotatable bonds is 1. The van der Waals surface area contributed by atoms with Gasteiger partial charge in [-0.3, -0.25) is 4.94 Å². The van der Waals surface area contributed by atoms with Gasteiger partial charge in [0.05, 0.1) is 0 Å². The molecule has 0 aliphatic rings. The van der Waals surface area contributed by atoms with E-state index in [0.717, 1.165) is 0 Å². The van der Waals surface area contributed by atoms with Gasteiger partial charge in [0.1, 0.15) is 0 Å². The van der Waals surface area contributed by atoms with Crippen molar-refractivity contribution >= 4 is 0 Å². The van der Waals surface area contributed by atoms with Crippen LogP contribution in [-0.4, -0.2) is 0 Å². The SMILES string of the molecule is NON=O.[Pd]. The Morgan fingerprint density at radius 1 is 1.80 bits per heavy atom. The fraction of sp³-hybridized carbons (Fsp3) is 0. The van der Waals surface area contributed by atoms with Crippen LogP contribution in [0.3, 0.4) is 0 Å². The quantitative estimate of drug-likeness (QED) is 0.328. The van der Waals surface area contributed by atoms with Crippen molar-refractivity contribution in [2.75, 3.05) is 0 Å². The van der Waals surface area contributed by atoms with Crippen molar-refractivity contribution in [3.63, 3.8) is 0 Å². The number of hydrogen-bond acceptors (Lipinski definition) is 4. The van der Waals surface area contributed by atoms with Crippen LogP contribution in [0.4, 0.5) is 0 Å². The normalized spacial score (nSPS) is 4.20. The zero-order chi connectivity index (χ0) is 3.41. The van der Waals surface area contributed by atoms with Crippen LogP contribution in [0.15, 0.2) is 5.34 Å². The van der Waals surface area contributed by atoms with Gasteiger partial charge >= 0.3 is 0 Å². The molecule has 0 aromatic heterocycles. The molecule has 0 saturated heterocycles. The minimum atomic E-state index is 0. The first-order valence-electron chi connectivity index (χ1n) is 0.601. The van der Waals surface area contributed by atoms with Gasteiger partial charge in [-0.2, -0.15) is 0 Å². The van der Waals surface area contributed by atoms with Crippen LogP contribution in [0.5, 0.6) is 0 Å². The third kappa shape index (κ3) is 15.7. The molecule has 0 rings (SSSR count). The van der Waals surface area contributed by atoms with E-state index in [9.17, 15) is 0 Å². The van der Waals surface area contributed by atoms with Crippen LogP contribution in [0.2, 0.25) is 0 Å². The average Bonchev–Trinajstić information content (AvgIpc) is 1.37. The minimum Gasteiger partial charge on any atom is -0.266 e. The van der Waals surface area contributed by atoms with Crippen LogP contribution < -0.4 is 5.90 Å². The van der Waals surface area contributed by atoms with Gasteiger partial charge in [-0.1, -0.05) is 0 Å². The second-order valence-corrected chi connectivity index (χ2v) is 0.180. The van der Waals surface area contributed by atoms with Gasteiger partial charge in [-0.25, -0.2) is 0 Å². The van der Waals surface area contributed by atoms with Crippen LogP contribution >= 0.6 is 0 Å². The van der Waals surface area contributed by atoms with Gasteiger partial charge in [0, 0.05) is 20.4 Å². The average molecular weight is 168 g/mol. The molecule has 0 unspecified atom stereocenters. The van der Waals surface area contributed by atoms with Crippen molar-refractivity contribution < 1.29 is 25.4 Å². The molecule has 0 fully saturated rings. The molecule has 0 aromatic rings. The molecule has 0 atom stereocenters. The third-order valence-electron chi connectivity index (χ3n) is 0.0430. The molecule has 0 saturated carbocycles. The summed E-state index contributed by atoms with van der Waals surface area (Å²) in [4.78, 5) is 11.7. The Balaban J connectivity index is 0. The summed E-state index contributed by atoms with van der Waals surface area (Å²) in [7, 11) is 0. The van der Waals surface area contributed by atoms with Crippen molar-refractivity contribution in [3.05, 3.63) is 4.91 Å². The molecule has 0 spiro atoms. The molecule has 34 valence electrons. The third-order valence-corrected chi connectivity index (χ3v) is 0.0430. The molecule has 0 bridgehead atoms. The van der Waals surface area contributed by atoms with Gasteiger partial charge in [-0.05, 0) is 0 Å². The second-order valence-electron chi connectivity index (χ2n) is 0.180. The van der Waals surface area contributed by atoms with Gasteiger partial charge in [0.2, 0.25) is 0 Å². The standard InChI is InChI=1S/H2N2O2.Pd/c1-4-2-3;/h1H2;. The number of nitrogens with zero attached hydrogens (tertiary/aromatic N) is 1. The minimum absolute atomic E-state index is 0. The van der Waals surface area contributed by atoms with E-state index in [1.807, 2.05) is 0 Å². The molecule has 0 aliphatic carbocycles. The van der Waals surface area contributed by atoms with E-state index in [-0.39, 0.29) is 20.4 Å². The maximum absolute atomic E-state index is 8.58. The molecular weight excluding hydrogens is 166 g/mol. The molecule has 0 radical (unpaired) electrons.